The van der Waals surface area contributed by atoms with E-state index >= 15 is 0 Å². The summed E-state index contributed by atoms with van der Waals surface area (Å²) in [7, 11) is -8.86. The SMILES string of the molecule is Nc1ccc(NS(=O)(=O)[O-])cc1.Nc1ccc(NS(=O)(=O)[O-])cc1.[Ba+2]. The Kier molecular flexibility index (Phi) is 9.85. The van der Waals surface area contributed by atoms with Crippen LogP contribution in [0.1, 0.15) is 0 Å². The van der Waals surface area contributed by atoms with Gasteiger partial charge in [0.05, 0.1) is 0 Å². The third-order valence-corrected chi connectivity index (χ3v) is 3.28. The molecular formula is C12H14BaN4O6S2. The fourth-order valence-electron chi connectivity index (χ4n) is 1.39. The Morgan fingerprint density at radius 2 is 0.880 bits per heavy atom. The van der Waals surface area contributed by atoms with Crippen LogP contribution in [0, 0.1) is 0 Å². The van der Waals surface area contributed by atoms with Crippen LogP contribution in [0.3, 0.4) is 0 Å². The molecule has 2 rings (SSSR count). The maximum Gasteiger partial charge on any atom is 2.00 e. The zero-order chi connectivity index (χ0) is 18.4. The molecule has 25 heavy (non-hydrogen) atoms. The van der Waals surface area contributed by atoms with Gasteiger partial charge in [0.25, 0.3) is 0 Å². The van der Waals surface area contributed by atoms with Crippen LogP contribution in [0.2, 0.25) is 0 Å². The van der Waals surface area contributed by atoms with Gasteiger partial charge in [0.2, 0.25) is 0 Å². The first kappa shape index (κ1) is 24.0. The van der Waals surface area contributed by atoms with E-state index in [4.69, 9.17) is 11.5 Å². The summed E-state index contributed by atoms with van der Waals surface area (Å²) in [5, 5.41) is 0. The topological polar surface area (TPSA) is 190 Å². The van der Waals surface area contributed by atoms with E-state index in [1.54, 1.807) is 9.44 Å². The maximum atomic E-state index is 10.2. The van der Waals surface area contributed by atoms with E-state index in [1.807, 2.05) is 0 Å². The van der Waals surface area contributed by atoms with E-state index in [9.17, 15) is 25.9 Å². The quantitative estimate of drug-likeness (QED) is 0.248. The summed E-state index contributed by atoms with van der Waals surface area (Å²) in [5.74, 6) is 0. The molecule has 0 aliphatic rings. The van der Waals surface area contributed by atoms with Crippen LogP contribution in [0.4, 0.5) is 22.7 Å². The van der Waals surface area contributed by atoms with Crippen molar-refractivity contribution in [2.75, 3.05) is 20.9 Å². The normalized spacial score (nSPS) is 10.6. The van der Waals surface area contributed by atoms with Crippen LogP contribution in [0.15, 0.2) is 48.5 Å². The average molecular weight is 512 g/mol. The average Bonchev–Trinajstić information content (AvgIpc) is 2.42. The molecule has 132 valence electrons. The van der Waals surface area contributed by atoms with Gasteiger partial charge in [-0.15, -0.1) is 0 Å². The van der Waals surface area contributed by atoms with E-state index in [0.717, 1.165) is 0 Å². The van der Waals surface area contributed by atoms with Gasteiger partial charge < -0.3 is 20.6 Å². The van der Waals surface area contributed by atoms with Crippen molar-refractivity contribution in [1.29, 1.82) is 0 Å². The molecule has 0 aliphatic carbocycles. The number of rotatable bonds is 4. The van der Waals surface area contributed by atoms with Crippen molar-refractivity contribution in [2.24, 2.45) is 0 Å². The summed E-state index contributed by atoms with van der Waals surface area (Å²) in [5.41, 5.74) is 12.1. The van der Waals surface area contributed by atoms with E-state index < -0.39 is 20.6 Å². The van der Waals surface area contributed by atoms with Gasteiger partial charge in [0.1, 0.15) is 0 Å². The smallest absolute Gasteiger partial charge is 0.731 e. The molecule has 0 heterocycles. The molecule has 0 atom stereocenters. The van der Waals surface area contributed by atoms with Crippen molar-refractivity contribution in [2.45, 2.75) is 0 Å². The second kappa shape index (κ2) is 10.2. The molecule has 0 aliphatic heterocycles. The Morgan fingerprint density at radius 3 is 1.08 bits per heavy atom. The number of benzene rings is 2. The van der Waals surface area contributed by atoms with Crippen LogP contribution in [0.5, 0.6) is 0 Å². The van der Waals surface area contributed by atoms with Gasteiger partial charge in [0.15, 0.2) is 20.6 Å². The first-order valence-corrected chi connectivity index (χ1v) is 8.94. The summed E-state index contributed by atoms with van der Waals surface area (Å²) >= 11 is 0. The van der Waals surface area contributed by atoms with Crippen LogP contribution in [-0.4, -0.2) is 74.8 Å². The van der Waals surface area contributed by atoms with Crippen LogP contribution in [-0.2, 0) is 20.6 Å². The Morgan fingerprint density at radius 1 is 0.640 bits per heavy atom. The van der Waals surface area contributed by atoms with Gasteiger partial charge in [-0.3, -0.25) is 9.44 Å². The number of anilines is 4. The van der Waals surface area contributed by atoms with Crippen molar-refractivity contribution in [3.8, 4) is 0 Å². The number of nitrogen functional groups attached to an aromatic ring is 2. The molecular weight excluding hydrogens is 498 g/mol. The summed E-state index contributed by atoms with van der Waals surface area (Å²) in [6.07, 6.45) is 0. The van der Waals surface area contributed by atoms with Crippen LogP contribution < -0.4 is 20.9 Å². The van der Waals surface area contributed by atoms with Crippen molar-refractivity contribution in [3.05, 3.63) is 48.5 Å². The molecule has 0 fully saturated rings. The predicted octanol–water partition coefficient (Wildman–Crippen LogP) is -0.0990. The number of hydrogen-bond acceptors (Lipinski definition) is 8. The molecule has 0 aromatic heterocycles. The van der Waals surface area contributed by atoms with Gasteiger partial charge >= 0.3 is 48.9 Å². The molecule has 2 aromatic carbocycles. The molecule has 0 amide bonds. The number of nitrogens with two attached hydrogens (primary N) is 2. The third-order valence-electron chi connectivity index (χ3n) is 2.31. The molecule has 2 aromatic rings. The minimum Gasteiger partial charge on any atom is -0.731 e. The van der Waals surface area contributed by atoms with E-state index in [0.29, 0.717) is 11.4 Å². The van der Waals surface area contributed by atoms with Gasteiger partial charge in [-0.05, 0) is 48.5 Å². The molecule has 0 unspecified atom stereocenters. The summed E-state index contributed by atoms with van der Waals surface area (Å²) in [6.45, 7) is 0. The summed E-state index contributed by atoms with van der Waals surface area (Å²) < 4.78 is 64.7. The fourth-order valence-corrected chi connectivity index (χ4v) is 2.24. The first-order chi connectivity index (χ1) is 10.9. The second-order valence-corrected chi connectivity index (χ2v) is 6.58. The molecule has 0 saturated carbocycles. The third kappa shape index (κ3) is 12.1. The van der Waals surface area contributed by atoms with Gasteiger partial charge in [-0.2, -0.15) is 0 Å². The minimum absolute atomic E-state index is 0. The molecule has 0 spiro atoms. The predicted molar refractivity (Wildman–Crippen MR) is 94.1 cm³/mol. The molecule has 0 radical (unpaired) electrons. The largest absolute Gasteiger partial charge is 2.00 e. The molecule has 10 nitrogen and oxygen atoms in total. The maximum absolute atomic E-state index is 10.2. The van der Waals surface area contributed by atoms with Gasteiger partial charge in [0, 0.05) is 22.7 Å². The van der Waals surface area contributed by atoms with E-state index in [1.165, 1.54) is 48.5 Å². The second-order valence-electron chi connectivity index (χ2n) is 4.36. The van der Waals surface area contributed by atoms with Crippen LogP contribution >= 0.6 is 0 Å². The Labute approximate surface area is 185 Å². The van der Waals surface area contributed by atoms with Gasteiger partial charge in [-0.25, -0.2) is 16.8 Å². The minimum atomic E-state index is -4.43. The Balaban J connectivity index is 0.000000443. The van der Waals surface area contributed by atoms with Crippen molar-refractivity contribution in [1.82, 2.24) is 0 Å². The van der Waals surface area contributed by atoms with Crippen molar-refractivity contribution in [3.63, 3.8) is 0 Å². The monoisotopic (exact) mass is 512 g/mol. The zero-order valence-corrected chi connectivity index (χ0v) is 18.8. The molecule has 13 heteroatoms. The Hall–Kier alpha value is -0.969. The Bertz CT molecular complexity index is 795. The van der Waals surface area contributed by atoms with E-state index in [-0.39, 0.29) is 60.3 Å². The number of hydrogen-bond donors (Lipinski definition) is 4. The molecule has 0 bridgehead atoms. The van der Waals surface area contributed by atoms with Gasteiger partial charge in [-0.1, -0.05) is 0 Å². The summed E-state index contributed by atoms with van der Waals surface area (Å²) in [6, 6.07) is 11.6. The number of nitrogens with one attached hydrogen (secondary N) is 2. The summed E-state index contributed by atoms with van der Waals surface area (Å²) in [4.78, 5) is 0. The first-order valence-electron chi connectivity index (χ1n) is 6.13. The fraction of sp³-hybridized carbons (Fsp3) is 0. The van der Waals surface area contributed by atoms with Crippen LogP contribution in [0.25, 0.3) is 0 Å². The molecule has 6 N–H and O–H groups in total. The van der Waals surface area contributed by atoms with Crippen molar-refractivity contribution < 1.29 is 25.9 Å². The molecule has 0 saturated heterocycles. The standard InChI is InChI=1S/2C6H8N2O3S.Ba/c2*7-5-1-3-6(4-2-5)8-12(9,10)11;/h2*1-4,8H,7H2,(H,9,10,11);/q;;+2/p-2. The van der Waals surface area contributed by atoms with Crippen molar-refractivity contribution >= 4 is 92.2 Å². The van der Waals surface area contributed by atoms with E-state index in [2.05, 4.69) is 0 Å². The zero-order valence-electron chi connectivity index (χ0n) is 12.7.